The van der Waals surface area contributed by atoms with E-state index in [2.05, 4.69) is 91.2 Å². The Kier molecular flexibility index (Phi) is 2.89. The minimum atomic E-state index is 1.19. The van der Waals surface area contributed by atoms with Gasteiger partial charge < -0.3 is 4.57 Å². The summed E-state index contributed by atoms with van der Waals surface area (Å²) in [4.78, 5) is 0. The van der Waals surface area contributed by atoms with Crippen molar-refractivity contribution in [1.29, 1.82) is 0 Å². The standard InChI is InChI=1S/C20H22N3/c1-13-10-11-21(4)18(12-13)23-17-9-7-6-8-16(17)19-14(2)15(3)22(5)20(19)23/h6-12H,1-5H3/q+1. The van der Waals surface area contributed by atoms with Crippen LogP contribution >= 0.6 is 0 Å². The molecule has 0 saturated heterocycles. The number of aromatic nitrogens is 3. The number of para-hydroxylation sites is 1. The van der Waals surface area contributed by atoms with Crippen molar-refractivity contribution in [3.63, 3.8) is 0 Å². The van der Waals surface area contributed by atoms with Gasteiger partial charge in [0.15, 0.2) is 0 Å². The van der Waals surface area contributed by atoms with Gasteiger partial charge in [0.2, 0.25) is 5.65 Å². The molecule has 3 nitrogen and oxygen atoms in total. The lowest BCUT2D eigenvalue weighted by atomic mass is 10.1. The van der Waals surface area contributed by atoms with Gasteiger partial charge in [-0.2, -0.15) is 4.57 Å². The summed E-state index contributed by atoms with van der Waals surface area (Å²) >= 11 is 0. The number of benzene rings is 1. The monoisotopic (exact) mass is 304 g/mol. The molecule has 0 aliphatic heterocycles. The van der Waals surface area contributed by atoms with Crippen molar-refractivity contribution in [1.82, 2.24) is 9.13 Å². The zero-order valence-corrected chi connectivity index (χ0v) is 14.4. The molecule has 116 valence electrons. The molecule has 3 heteroatoms. The van der Waals surface area contributed by atoms with E-state index in [4.69, 9.17) is 0 Å². The van der Waals surface area contributed by atoms with Crippen molar-refractivity contribution in [3.8, 4) is 5.82 Å². The van der Waals surface area contributed by atoms with E-state index in [0.717, 1.165) is 0 Å². The van der Waals surface area contributed by atoms with Crippen LogP contribution in [0.4, 0.5) is 0 Å². The van der Waals surface area contributed by atoms with Crippen molar-refractivity contribution in [2.24, 2.45) is 14.1 Å². The third-order valence-electron chi connectivity index (χ3n) is 5.10. The summed E-state index contributed by atoms with van der Waals surface area (Å²) < 4.78 is 6.89. The van der Waals surface area contributed by atoms with Crippen LogP contribution < -0.4 is 4.57 Å². The lowest BCUT2D eigenvalue weighted by molar-refractivity contribution is -0.665. The minimum Gasteiger partial charge on any atom is -0.315 e. The molecule has 1 aromatic carbocycles. The lowest BCUT2D eigenvalue weighted by Gasteiger charge is -2.06. The highest BCUT2D eigenvalue weighted by atomic mass is 15.2. The third kappa shape index (κ3) is 1.79. The maximum absolute atomic E-state index is 2.39. The van der Waals surface area contributed by atoms with Crippen molar-refractivity contribution in [2.45, 2.75) is 20.8 Å². The van der Waals surface area contributed by atoms with Gasteiger partial charge in [-0.3, -0.25) is 0 Å². The van der Waals surface area contributed by atoms with Crippen LogP contribution in [-0.4, -0.2) is 9.13 Å². The Morgan fingerprint density at radius 1 is 1.00 bits per heavy atom. The Hall–Kier alpha value is -2.55. The molecule has 0 aliphatic rings. The van der Waals surface area contributed by atoms with E-state index in [1.54, 1.807) is 0 Å². The Balaban J connectivity index is 2.29. The second-order valence-corrected chi connectivity index (χ2v) is 6.49. The predicted octanol–water partition coefficient (Wildman–Crippen LogP) is 3.87. The Bertz CT molecular complexity index is 1060. The molecular formula is C20H22N3+. The Labute approximate surface area is 136 Å². The number of fused-ring (bicyclic) bond motifs is 3. The van der Waals surface area contributed by atoms with Gasteiger partial charge in [-0.05, 0) is 50.1 Å². The molecule has 4 aromatic rings. The van der Waals surface area contributed by atoms with E-state index in [1.165, 1.54) is 44.6 Å². The summed E-state index contributed by atoms with van der Waals surface area (Å²) in [6.45, 7) is 6.57. The van der Waals surface area contributed by atoms with E-state index < -0.39 is 0 Å². The number of hydrogen-bond acceptors (Lipinski definition) is 0. The number of nitrogens with zero attached hydrogens (tertiary/aromatic N) is 3. The van der Waals surface area contributed by atoms with Gasteiger partial charge in [-0.25, -0.2) is 4.57 Å². The van der Waals surface area contributed by atoms with Gasteiger partial charge in [0.1, 0.15) is 5.52 Å². The lowest BCUT2D eigenvalue weighted by Crippen LogP contribution is -2.33. The molecule has 0 atom stereocenters. The second kappa shape index (κ2) is 4.72. The molecule has 3 aromatic heterocycles. The molecule has 0 aliphatic carbocycles. The van der Waals surface area contributed by atoms with Gasteiger partial charge in [-0.15, -0.1) is 0 Å². The molecule has 0 spiro atoms. The molecule has 3 heterocycles. The van der Waals surface area contributed by atoms with Crippen LogP contribution in [0.25, 0.3) is 27.8 Å². The van der Waals surface area contributed by atoms with Crippen LogP contribution in [0.1, 0.15) is 16.8 Å². The SMILES string of the molecule is Cc1cc[n+](C)c(-n2c3ccccc3c3c(C)c(C)n(C)c32)c1. The number of aryl methyl sites for hydroxylation is 4. The molecule has 23 heavy (non-hydrogen) atoms. The first kappa shape index (κ1) is 14.1. The van der Waals surface area contributed by atoms with Crippen molar-refractivity contribution < 1.29 is 4.57 Å². The van der Waals surface area contributed by atoms with Crippen LogP contribution in [0.15, 0.2) is 42.6 Å². The average Bonchev–Trinajstić information content (AvgIpc) is 2.99. The fourth-order valence-electron chi connectivity index (χ4n) is 3.62. The molecule has 0 radical (unpaired) electrons. The van der Waals surface area contributed by atoms with Crippen LogP contribution in [0.2, 0.25) is 0 Å². The average molecular weight is 304 g/mol. The van der Waals surface area contributed by atoms with Crippen molar-refractivity contribution >= 4 is 21.9 Å². The third-order valence-corrected chi connectivity index (χ3v) is 5.10. The number of rotatable bonds is 1. The summed E-state index contributed by atoms with van der Waals surface area (Å²) in [6, 6.07) is 13.1. The zero-order chi connectivity index (χ0) is 16.3. The first-order chi connectivity index (χ1) is 11.0. The number of pyridine rings is 1. The number of hydrogen-bond donors (Lipinski definition) is 0. The maximum Gasteiger partial charge on any atom is 0.288 e. The minimum absolute atomic E-state index is 1.19. The molecule has 0 amide bonds. The van der Waals surface area contributed by atoms with E-state index in [0.29, 0.717) is 0 Å². The maximum atomic E-state index is 2.39. The highest BCUT2D eigenvalue weighted by Gasteiger charge is 2.26. The van der Waals surface area contributed by atoms with E-state index in [1.807, 2.05) is 0 Å². The van der Waals surface area contributed by atoms with E-state index in [9.17, 15) is 0 Å². The van der Waals surface area contributed by atoms with Gasteiger partial charge in [0, 0.05) is 24.2 Å². The summed E-state index contributed by atoms with van der Waals surface area (Å²) in [5.41, 5.74) is 6.49. The highest BCUT2D eigenvalue weighted by Crippen LogP contribution is 2.35. The van der Waals surface area contributed by atoms with Gasteiger partial charge in [0.05, 0.1) is 18.6 Å². The van der Waals surface area contributed by atoms with Crippen molar-refractivity contribution in [2.75, 3.05) is 0 Å². The van der Waals surface area contributed by atoms with E-state index in [-0.39, 0.29) is 0 Å². The first-order valence-corrected chi connectivity index (χ1v) is 8.02. The van der Waals surface area contributed by atoms with Gasteiger partial charge in [0.25, 0.3) is 5.82 Å². The van der Waals surface area contributed by atoms with Crippen molar-refractivity contribution in [3.05, 3.63) is 59.4 Å². The van der Waals surface area contributed by atoms with Crippen LogP contribution in [-0.2, 0) is 14.1 Å². The molecule has 0 fully saturated rings. The molecule has 0 saturated carbocycles. The fraction of sp³-hybridized carbons (Fsp3) is 0.250. The normalized spacial score (nSPS) is 11.7. The van der Waals surface area contributed by atoms with Crippen LogP contribution in [0.3, 0.4) is 0 Å². The molecule has 4 rings (SSSR count). The first-order valence-electron chi connectivity index (χ1n) is 8.02. The van der Waals surface area contributed by atoms with Crippen LogP contribution in [0.5, 0.6) is 0 Å². The molecule has 0 unspecified atom stereocenters. The van der Waals surface area contributed by atoms with Gasteiger partial charge >= 0.3 is 0 Å². The largest absolute Gasteiger partial charge is 0.315 e. The summed E-state index contributed by atoms with van der Waals surface area (Å²) in [7, 11) is 4.27. The summed E-state index contributed by atoms with van der Waals surface area (Å²) in [6.07, 6.45) is 2.13. The quantitative estimate of drug-likeness (QED) is 0.474. The summed E-state index contributed by atoms with van der Waals surface area (Å²) in [5.74, 6) is 1.19. The van der Waals surface area contributed by atoms with Crippen LogP contribution in [0, 0.1) is 20.8 Å². The smallest absolute Gasteiger partial charge is 0.288 e. The molecule has 0 N–H and O–H groups in total. The Morgan fingerprint density at radius 3 is 2.52 bits per heavy atom. The van der Waals surface area contributed by atoms with Gasteiger partial charge in [-0.1, -0.05) is 12.1 Å². The topological polar surface area (TPSA) is 13.7 Å². The summed E-state index contributed by atoms with van der Waals surface area (Å²) in [5, 5.41) is 2.69. The Morgan fingerprint density at radius 2 is 1.74 bits per heavy atom. The molecular weight excluding hydrogens is 282 g/mol. The fourth-order valence-corrected chi connectivity index (χ4v) is 3.62. The molecule has 0 bridgehead atoms. The second-order valence-electron chi connectivity index (χ2n) is 6.49. The van der Waals surface area contributed by atoms with E-state index >= 15 is 0 Å². The zero-order valence-electron chi connectivity index (χ0n) is 14.4. The highest BCUT2D eigenvalue weighted by molar-refractivity contribution is 6.10. The predicted molar refractivity (Wildman–Crippen MR) is 95.1 cm³/mol.